The minimum atomic E-state index is -0.633. The molecule has 32 heavy (non-hydrogen) atoms. The Labute approximate surface area is 194 Å². The molecule has 1 fully saturated rings. The first kappa shape index (κ1) is 22.3. The number of halogens is 2. The van der Waals surface area contributed by atoms with Gasteiger partial charge in [-0.2, -0.15) is 0 Å². The molecule has 0 aliphatic carbocycles. The van der Waals surface area contributed by atoms with E-state index in [-0.39, 0.29) is 23.2 Å². The summed E-state index contributed by atoms with van der Waals surface area (Å²) >= 11 is 12.2. The summed E-state index contributed by atoms with van der Waals surface area (Å²) in [7, 11) is 0. The van der Waals surface area contributed by atoms with Crippen LogP contribution in [0.1, 0.15) is 33.4 Å². The lowest BCUT2D eigenvalue weighted by atomic mass is 9.96. The minimum absolute atomic E-state index is 0.0522. The monoisotopic (exact) mass is 474 g/mol. The molecule has 1 aromatic heterocycles. The van der Waals surface area contributed by atoms with Crippen LogP contribution in [0.2, 0.25) is 10.0 Å². The van der Waals surface area contributed by atoms with Gasteiger partial charge in [0, 0.05) is 36.2 Å². The maximum Gasteiger partial charge on any atom is 0.344 e. The number of carbonyl (C=O) groups excluding carboxylic acids is 1. The van der Waals surface area contributed by atoms with Crippen LogP contribution in [0, 0.1) is 17.0 Å². The van der Waals surface area contributed by atoms with Gasteiger partial charge in [-0.15, -0.1) is 0 Å². The molecule has 0 N–H and O–H groups in total. The second-order valence-corrected chi connectivity index (χ2v) is 8.41. The van der Waals surface area contributed by atoms with Crippen LogP contribution in [-0.4, -0.2) is 52.0 Å². The third-order valence-corrected chi connectivity index (χ3v) is 6.05. The molecular formula is C22H20Cl2N4O4. The van der Waals surface area contributed by atoms with Crippen molar-refractivity contribution in [1.82, 2.24) is 15.0 Å². The predicted molar refractivity (Wildman–Crippen MR) is 120 cm³/mol. The Hall–Kier alpha value is -2.94. The number of nitro groups is 1. The second kappa shape index (κ2) is 9.28. The zero-order valence-corrected chi connectivity index (χ0v) is 18.7. The molecule has 0 unspecified atom stereocenters. The molecule has 0 radical (unpaired) electrons. The Morgan fingerprint density at radius 2 is 1.50 bits per heavy atom. The van der Waals surface area contributed by atoms with Crippen molar-refractivity contribution >= 4 is 34.8 Å². The molecule has 0 atom stereocenters. The van der Waals surface area contributed by atoms with Crippen molar-refractivity contribution in [3.05, 3.63) is 91.3 Å². The molecule has 1 amide bonds. The fourth-order valence-electron chi connectivity index (χ4n) is 3.95. The van der Waals surface area contributed by atoms with E-state index in [4.69, 9.17) is 27.7 Å². The van der Waals surface area contributed by atoms with Gasteiger partial charge in [-0.3, -0.25) is 19.8 Å². The fourth-order valence-corrected chi connectivity index (χ4v) is 4.20. The van der Waals surface area contributed by atoms with Crippen molar-refractivity contribution in [2.24, 2.45) is 0 Å². The SMILES string of the molecule is Cc1noc(C(=O)N2CCN(C(c3ccc(Cl)cc3)c3ccc(Cl)cc3)CC2)c1[N+](=O)[O-]. The lowest BCUT2D eigenvalue weighted by Crippen LogP contribution is -2.49. The van der Waals surface area contributed by atoms with Crippen molar-refractivity contribution in [2.45, 2.75) is 13.0 Å². The van der Waals surface area contributed by atoms with Gasteiger partial charge < -0.3 is 9.42 Å². The van der Waals surface area contributed by atoms with Crippen molar-refractivity contribution < 1.29 is 14.2 Å². The number of hydrogen-bond donors (Lipinski definition) is 0. The number of nitrogens with zero attached hydrogens (tertiary/aromatic N) is 4. The van der Waals surface area contributed by atoms with Crippen LogP contribution in [0.5, 0.6) is 0 Å². The number of aromatic nitrogens is 1. The lowest BCUT2D eigenvalue weighted by molar-refractivity contribution is -0.386. The van der Waals surface area contributed by atoms with Gasteiger partial charge in [0.2, 0.25) is 0 Å². The van der Waals surface area contributed by atoms with E-state index in [1.165, 1.54) is 6.92 Å². The predicted octanol–water partition coefficient (Wildman–Crippen LogP) is 4.75. The van der Waals surface area contributed by atoms with Gasteiger partial charge in [0.1, 0.15) is 0 Å². The molecule has 8 nitrogen and oxygen atoms in total. The molecule has 10 heteroatoms. The highest BCUT2D eigenvalue weighted by atomic mass is 35.5. The molecular weight excluding hydrogens is 455 g/mol. The van der Waals surface area contributed by atoms with E-state index in [9.17, 15) is 14.9 Å². The summed E-state index contributed by atoms with van der Waals surface area (Å²) in [5.41, 5.74) is 1.84. The molecule has 1 aliphatic rings. The van der Waals surface area contributed by atoms with E-state index in [2.05, 4.69) is 10.1 Å². The summed E-state index contributed by atoms with van der Waals surface area (Å²) < 4.78 is 4.99. The van der Waals surface area contributed by atoms with Gasteiger partial charge in [-0.05, 0) is 42.3 Å². The Bertz CT molecular complexity index is 1080. The summed E-state index contributed by atoms with van der Waals surface area (Å²) in [5.74, 6) is -0.848. The summed E-state index contributed by atoms with van der Waals surface area (Å²) in [4.78, 5) is 27.4. The average Bonchev–Trinajstić information content (AvgIpc) is 3.18. The molecule has 0 bridgehead atoms. The third-order valence-electron chi connectivity index (χ3n) is 5.55. The third kappa shape index (κ3) is 4.48. The number of carbonyl (C=O) groups is 1. The summed E-state index contributed by atoms with van der Waals surface area (Å²) in [6, 6.07) is 15.3. The van der Waals surface area contributed by atoms with Crippen LogP contribution in [0.3, 0.4) is 0 Å². The summed E-state index contributed by atoms with van der Waals surface area (Å²) in [5, 5.41) is 16.2. The molecule has 4 rings (SSSR count). The maximum atomic E-state index is 12.9. The highest BCUT2D eigenvalue weighted by Crippen LogP contribution is 2.32. The number of hydrogen-bond acceptors (Lipinski definition) is 6. The van der Waals surface area contributed by atoms with Gasteiger partial charge >= 0.3 is 11.4 Å². The van der Waals surface area contributed by atoms with Crippen LogP contribution in [0.4, 0.5) is 5.69 Å². The van der Waals surface area contributed by atoms with Gasteiger partial charge in [-0.1, -0.05) is 52.6 Å². The molecule has 1 aliphatic heterocycles. The Kier molecular flexibility index (Phi) is 6.45. The number of aryl methyl sites for hydroxylation is 1. The largest absolute Gasteiger partial charge is 0.344 e. The second-order valence-electron chi connectivity index (χ2n) is 7.54. The summed E-state index contributed by atoms with van der Waals surface area (Å²) in [6.07, 6.45) is 0. The van der Waals surface area contributed by atoms with Crippen LogP contribution in [0.15, 0.2) is 53.1 Å². The van der Waals surface area contributed by atoms with E-state index in [1.807, 2.05) is 48.5 Å². The fraction of sp³-hybridized carbons (Fsp3) is 0.273. The van der Waals surface area contributed by atoms with Crippen LogP contribution < -0.4 is 0 Å². The van der Waals surface area contributed by atoms with Gasteiger partial charge in [0.15, 0.2) is 5.69 Å². The zero-order chi connectivity index (χ0) is 22.8. The molecule has 166 valence electrons. The average molecular weight is 475 g/mol. The van der Waals surface area contributed by atoms with Crippen molar-refractivity contribution in [1.29, 1.82) is 0 Å². The van der Waals surface area contributed by atoms with E-state index >= 15 is 0 Å². The Balaban J connectivity index is 1.55. The topological polar surface area (TPSA) is 92.7 Å². The molecule has 2 heterocycles. The minimum Gasteiger partial charge on any atom is -0.343 e. The molecule has 0 spiro atoms. The highest BCUT2D eigenvalue weighted by molar-refractivity contribution is 6.30. The van der Waals surface area contributed by atoms with Crippen molar-refractivity contribution in [3.63, 3.8) is 0 Å². The van der Waals surface area contributed by atoms with Gasteiger partial charge in [0.05, 0.1) is 11.0 Å². The van der Waals surface area contributed by atoms with E-state index in [1.54, 1.807) is 4.90 Å². The van der Waals surface area contributed by atoms with E-state index < -0.39 is 10.8 Å². The number of benzene rings is 2. The van der Waals surface area contributed by atoms with Gasteiger partial charge in [-0.25, -0.2) is 0 Å². The summed E-state index contributed by atoms with van der Waals surface area (Å²) in [6.45, 7) is 3.38. The quantitative estimate of drug-likeness (QED) is 0.391. The van der Waals surface area contributed by atoms with Crippen molar-refractivity contribution in [3.8, 4) is 0 Å². The smallest absolute Gasteiger partial charge is 0.343 e. The van der Waals surface area contributed by atoms with Crippen molar-refractivity contribution in [2.75, 3.05) is 26.2 Å². The standard InChI is InChI=1S/C22H20Cl2N4O4/c1-14-19(28(30)31)21(32-25-14)22(29)27-12-10-26(11-13-27)20(15-2-6-17(23)7-3-15)16-4-8-18(24)9-5-16/h2-9,20H,10-13H2,1H3. The molecule has 0 saturated carbocycles. The van der Waals surface area contributed by atoms with Crippen LogP contribution in [0.25, 0.3) is 0 Å². The Morgan fingerprint density at radius 1 is 1.00 bits per heavy atom. The first-order chi connectivity index (χ1) is 15.3. The molecule has 3 aromatic rings. The van der Waals surface area contributed by atoms with E-state index in [0.29, 0.717) is 36.2 Å². The Morgan fingerprint density at radius 3 is 1.97 bits per heavy atom. The number of rotatable bonds is 5. The number of amides is 1. The maximum absolute atomic E-state index is 12.9. The van der Waals surface area contributed by atoms with Crippen LogP contribution >= 0.6 is 23.2 Å². The lowest BCUT2D eigenvalue weighted by Gasteiger charge is -2.39. The molecule has 1 saturated heterocycles. The first-order valence-electron chi connectivity index (χ1n) is 10.00. The van der Waals surface area contributed by atoms with E-state index in [0.717, 1.165) is 11.1 Å². The first-order valence-corrected chi connectivity index (χ1v) is 10.8. The van der Waals surface area contributed by atoms with Crippen LogP contribution in [-0.2, 0) is 0 Å². The normalized spacial score (nSPS) is 14.7. The highest BCUT2D eigenvalue weighted by Gasteiger charge is 2.35. The van der Waals surface area contributed by atoms with Gasteiger partial charge in [0.25, 0.3) is 5.91 Å². The zero-order valence-electron chi connectivity index (χ0n) is 17.2. The number of piperazine rings is 1. The molecule has 2 aromatic carbocycles.